The number of carbonyl (C=O) groups excluding carboxylic acids is 2. The van der Waals surface area contributed by atoms with Gasteiger partial charge in [0.1, 0.15) is 11.8 Å². The van der Waals surface area contributed by atoms with Crippen LogP contribution in [-0.2, 0) is 9.53 Å². The summed E-state index contributed by atoms with van der Waals surface area (Å²) in [4.78, 5) is 30.4. The van der Waals surface area contributed by atoms with Gasteiger partial charge in [-0.3, -0.25) is 9.69 Å². The molecule has 3 amide bonds. The second-order valence-corrected chi connectivity index (χ2v) is 8.77. The molecule has 0 aliphatic carbocycles. The van der Waals surface area contributed by atoms with E-state index in [1.54, 1.807) is 36.4 Å². The molecule has 0 radical (unpaired) electrons. The van der Waals surface area contributed by atoms with Crippen LogP contribution in [0.5, 0.6) is 5.75 Å². The van der Waals surface area contributed by atoms with Crippen molar-refractivity contribution < 1.29 is 19.4 Å². The van der Waals surface area contributed by atoms with Crippen molar-refractivity contribution in [3.05, 3.63) is 59.1 Å². The molecule has 2 aliphatic rings. The lowest BCUT2D eigenvalue weighted by Gasteiger charge is -2.40. The van der Waals surface area contributed by atoms with Gasteiger partial charge in [-0.2, -0.15) is 0 Å². The number of morpholine rings is 1. The number of nitrogens with zero attached hydrogens (tertiary/aromatic N) is 2. The molecule has 3 N–H and O–H groups in total. The van der Waals surface area contributed by atoms with Crippen LogP contribution in [0.1, 0.15) is 24.4 Å². The molecule has 2 saturated heterocycles. The van der Waals surface area contributed by atoms with Crippen molar-refractivity contribution in [3.8, 4) is 5.75 Å². The van der Waals surface area contributed by atoms with Gasteiger partial charge in [-0.25, -0.2) is 4.79 Å². The average molecular weight is 473 g/mol. The molecule has 1 unspecified atom stereocenters. The normalized spacial score (nSPS) is 18.5. The third kappa shape index (κ3) is 6.16. The first-order valence-corrected chi connectivity index (χ1v) is 11.6. The fourth-order valence-corrected chi connectivity index (χ4v) is 4.49. The van der Waals surface area contributed by atoms with E-state index in [1.807, 2.05) is 4.90 Å². The number of hydrogen-bond acceptors (Lipinski definition) is 5. The number of ether oxygens (including phenoxy) is 1. The van der Waals surface area contributed by atoms with Gasteiger partial charge < -0.3 is 25.4 Å². The first-order valence-electron chi connectivity index (χ1n) is 11.2. The zero-order chi connectivity index (χ0) is 23.2. The Kier molecular flexibility index (Phi) is 7.69. The van der Waals surface area contributed by atoms with Gasteiger partial charge in [-0.05, 0) is 54.8 Å². The molecule has 33 heavy (non-hydrogen) atoms. The Morgan fingerprint density at radius 1 is 0.970 bits per heavy atom. The maximum Gasteiger partial charge on any atom is 0.320 e. The number of likely N-dealkylation sites (tertiary alicyclic amines) is 1. The lowest BCUT2D eigenvalue weighted by atomic mass is 10.00. The SMILES string of the molecule is O=C(Nc1ccc(Cl)cc1)NC(C(=O)N1CCC(N2CCOCC2)CC1)c1ccc(O)cc1. The van der Waals surface area contributed by atoms with Gasteiger partial charge in [-0.1, -0.05) is 23.7 Å². The Labute approximate surface area is 198 Å². The second kappa shape index (κ2) is 10.9. The van der Waals surface area contributed by atoms with Crippen molar-refractivity contribution in [2.45, 2.75) is 24.9 Å². The number of rotatable bonds is 5. The summed E-state index contributed by atoms with van der Waals surface area (Å²) >= 11 is 5.90. The molecule has 0 bridgehead atoms. The predicted molar refractivity (Wildman–Crippen MR) is 126 cm³/mol. The number of aromatic hydroxyl groups is 1. The number of urea groups is 1. The van der Waals surface area contributed by atoms with Gasteiger partial charge in [0.2, 0.25) is 5.91 Å². The van der Waals surface area contributed by atoms with Gasteiger partial charge >= 0.3 is 6.03 Å². The quantitative estimate of drug-likeness (QED) is 0.621. The fraction of sp³-hybridized carbons (Fsp3) is 0.417. The molecule has 176 valence electrons. The summed E-state index contributed by atoms with van der Waals surface area (Å²) in [5.74, 6) is -0.0609. The zero-order valence-electron chi connectivity index (χ0n) is 18.4. The Morgan fingerprint density at radius 3 is 2.24 bits per heavy atom. The number of benzene rings is 2. The van der Waals surface area contributed by atoms with Crippen molar-refractivity contribution in [1.82, 2.24) is 15.1 Å². The Balaban J connectivity index is 1.42. The van der Waals surface area contributed by atoms with Crippen LogP contribution < -0.4 is 10.6 Å². The monoisotopic (exact) mass is 472 g/mol. The third-order valence-corrected chi connectivity index (χ3v) is 6.44. The smallest absolute Gasteiger partial charge is 0.320 e. The number of carbonyl (C=O) groups is 2. The molecule has 4 rings (SSSR count). The van der Waals surface area contributed by atoms with Gasteiger partial charge in [0.05, 0.1) is 13.2 Å². The number of hydrogen-bond donors (Lipinski definition) is 3. The highest BCUT2D eigenvalue weighted by atomic mass is 35.5. The summed E-state index contributed by atoms with van der Waals surface area (Å²) in [6.45, 7) is 4.65. The molecular formula is C24H29ClN4O4. The van der Waals surface area contributed by atoms with Crippen LogP contribution in [0.15, 0.2) is 48.5 Å². The standard InChI is InChI=1S/C24H29ClN4O4/c25-18-3-5-19(6-4-18)26-24(32)27-22(17-1-7-21(30)8-2-17)23(31)29-11-9-20(10-12-29)28-13-15-33-16-14-28/h1-8,20,22,30H,9-16H2,(H2,26,27,32). The molecule has 2 aromatic rings. The Bertz CT molecular complexity index is 940. The molecule has 0 aromatic heterocycles. The van der Waals surface area contributed by atoms with E-state index >= 15 is 0 Å². The number of halogens is 1. The minimum atomic E-state index is -0.863. The molecule has 2 aromatic carbocycles. The van der Waals surface area contributed by atoms with Crippen LogP contribution in [-0.4, -0.2) is 72.3 Å². The first-order chi connectivity index (χ1) is 16.0. The van der Waals surface area contributed by atoms with Crippen LogP contribution in [0, 0.1) is 0 Å². The summed E-state index contributed by atoms with van der Waals surface area (Å²) in [5.41, 5.74) is 1.18. The highest BCUT2D eigenvalue weighted by Crippen LogP contribution is 2.24. The van der Waals surface area contributed by atoms with Crippen molar-refractivity contribution in [2.24, 2.45) is 0 Å². The predicted octanol–water partition coefficient (Wildman–Crippen LogP) is 3.23. The van der Waals surface area contributed by atoms with E-state index in [-0.39, 0.29) is 11.7 Å². The number of anilines is 1. The van der Waals surface area contributed by atoms with E-state index in [1.165, 1.54) is 12.1 Å². The number of phenolic OH excluding ortho intramolecular Hbond substituents is 1. The van der Waals surface area contributed by atoms with E-state index in [0.717, 1.165) is 39.1 Å². The van der Waals surface area contributed by atoms with Crippen molar-refractivity contribution >= 4 is 29.2 Å². The molecule has 2 fully saturated rings. The summed E-state index contributed by atoms with van der Waals surface area (Å²) in [5, 5.41) is 15.8. The molecular weight excluding hydrogens is 444 g/mol. The van der Waals surface area contributed by atoms with Crippen LogP contribution in [0.4, 0.5) is 10.5 Å². The molecule has 9 heteroatoms. The van der Waals surface area contributed by atoms with Gasteiger partial charge in [0.25, 0.3) is 0 Å². The van der Waals surface area contributed by atoms with E-state index in [0.29, 0.717) is 35.4 Å². The van der Waals surface area contributed by atoms with Crippen LogP contribution in [0.2, 0.25) is 5.02 Å². The third-order valence-electron chi connectivity index (χ3n) is 6.19. The molecule has 8 nitrogen and oxygen atoms in total. The first kappa shape index (κ1) is 23.4. The average Bonchev–Trinajstić information content (AvgIpc) is 2.85. The van der Waals surface area contributed by atoms with Crippen molar-refractivity contribution in [2.75, 3.05) is 44.7 Å². The summed E-state index contributed by atoms with van der Waals surface area (Å²) in [6, 6.07) is 12.2. The second-order valence-electron chi connectivity index (χ2n) is 8.33. The number of nitrogens with one attached hydrogen (secondary N) is 2. The Hall–Kier alpha value is -2.81. The van der Waals surface area contributed by atoms with Gasteiger partial charge in [0.15, 0.2) is 0 Å². The lowest BCUT2D eigenvalue weighted by Crippen LogP contribution is -2.52. The van der Waals surface area contributed by atoms with Crippen LogP contribution in [0.3, 0.4) is 0 Å². The topological polar surface area (TPSA) is 94.1 Å². The fourth-order valence-electron chi connectivity index (χ4n) is 4.36. The largest absolute Gasteiger partial charge is 0.508 e. The Morgan fingerprint density at radius 2 is 1.61 bits per heavy atom. The van der Waals surface area contributed by atoms with Gasteiger partial charge in [0, 0.05) is 42.9 Å². The zero-order valence-corrected chi connectivity index (χ0v) is 19.1. The van der Waals surface area contributed by atoms with Crippen LogP contribution in [0.25, 0.3) is 0 Å². The number of amides is 3. The minimum Gasteiger partial charge on any atom is -0.508 e. The van der Waals surface area contributed by atoms with Crippen molar-refractivity contribution in [3.63, 3.8) is 0 Å². The summed E-state index contributed by atoms with van der Waals surface area (Å²) in [6.07, 6.45) is 1.79. The molecule has 0 saturated carbocycles. The van der Waals surface area contributed by atoms with Crippen molar-refractivity contribution in [1.29, 1.82) is 0 Å². The summed E-state index contributed by atoms with van der Waals surface area (Å²) in [7, 11) is 0. The molecule has 1 atom stereocenters. The maximum atomic E-state index is 13.5. The molecule has 2 aliphatic heterocycles. The van der Waals surface area contributed by atoms with E-state index < -0.39 is 12.1 Å². The molecule has 0 spiro atoms. The van der Waals surface area contributed by atoms with E-state index in [2.05, 4.69) is 15.5 Å². The highest BCUT2D eigenvalue weighted by molar-refractivity contribution is 6.30. The summed E-state index contributed by atoms with van der Waals surface area (Å²) < 4.78 is 5.45. The minimum absolute atomic E-state index is 0.0990. The number of piperidine rings is 1. The number of phenols is 1. The molecule has 2 heterocycles. The lowest BCUT2D eigenvalue weighted by molar-refractivity contribution is -0.135. The van der Waals surface area contributed by atoms with Crippen LogP contribution >= 0.6 is 11.6 Å². The van der Waals surface area contributed by atoms with Gasteiger partial charge in [-0.15, -0.1) is 0 Å². The van der Waals surface area contributed by atoms with E-state index in [9.17, 15) is 14.7 Å². The maximum absolute atomic E-state index is 13.5. The highest BCUT2D eigenvalue weighted by Gasteiger charge is 2.32. The van der Waals surface area contributed by atoms with E-state index in [4.69, 9.17) is 16.3 Å².